The minimum absolute atomic E-state index is 0.345. The molecule has 0 amide bonds. The van der Waals surface area contributed by atoms with Crippen LogP contribution in [0.3, 0.4) is 0 Å². The Morgan fingerprint density at radius 3 is 2.69 bits per heavy atom. The second-order valence-corrected chi connectivity index (χ2v) is 4.06. The highest BCUT2D eigenvalue weighted by Crippen LogP contribution is 2.22. The fraction of sp³-hybridized carbons (Fsp3) is 0.417. The summed E-state index contributed by atoms with van der Waals surface area (Å²) >= 11 is 3.36. The molecule has 0 fully saturated rings. The van der Waals surface area contributed by atoms with Crippen molar-refractivity contribution >= 4 is 21.9 Å². The van der Waals surface area contributed by atoms with E-state index in [1.807, 2.05) is 31.2 Å². The summed E-state index contributed by atoms with van der Waals surface area (Å²) in [7, 11) is 0. The second-order valence-electron chi connectivity index (χ2n) is 3.14. The van der Waals surface area contributed by atoms with Crippen LogP contribution in [0.1, 0.15) is 25.5 Å². The molecular weight excluding hydrogens is 272 g/mol. The second kappa shape index (κ2) is 6.66. The Morgan fingerprint density at radius 2 is 2.12 bits per heavy atom. The van der Waals surface area contributed by atoms with Crippen molar-refractivity contribution in [3.63, 3.8) is 0 Å². The van der Waals surface area contributed by atoms with Crippen molar-refractivity contribution < 1.29 is 14.3 Å². The lowest BCUT2D eigenvalue weighted by molar-refractivity contribution is -0.157. The molecule has 88 valence electrons. The van der Waals surface area contributed by atoms with Gasteiger partial charge in [0.25, 0.3) is 0 Å². The summed E-state index contributed by atoms with van der Waals surface area (Å²) in [5.41, 5.74) is 0.801. The summed E-state index contributed by atoms with van der Waals surface area (Å²) in [6.45, 7) is 4.46. The molecule has 0 aliphatic heterocycles. The molecule has 0 N–H and O–H groups in total. The van der Waals surface area contributed by atoms with Crippen molar-refractivity contribution in [3.05, 3.63) is 34.3 Å². The molecule has 1 aromatic rings. The van der Waals surface area contributed by atoms with Gasteiger partial charge in [0.2, 0.25) is 0 Å². The van der Waals surface area contributed by atoms with Crippen LogP contribution in [0, 0.1) is 0 Å². The lowest BCUT2D eigenvalue weighted by Crippen LogP contribution is -2.19. The highest BCUT2D eigenvalue weighted by atomic mass is 79.9. The third-order valence-electron chi connectivity index (χ3n) is 1.99. The highest BCUT2D eigenvalue weighted by Gasteiger charge is 2.22. The summed E-state index contributed by atoms with van der Waals surface area (Å²) in [4.78, 5) is 11.7. The Labute approximate surface area is 104 Å². The van der Waals surface area contributed by atoms with Crippen molar-refractivity contribution in [1.82, 2.24) is 0 Å². The highest BCUT2D eigenvalue weighted by molar-refractivity contribution is 9.10. The molecule has 16 heavy (non-hydrogen) atoms. The number of rotatable bonds is 5. The maximum atomic E-state index is 11.7. The first kappa shape index (κ1) is 13.2. The number of hydrogen-bond acceptors (Lipinski definition) is 3. The van der Waals surface area contributed by atoms with Crippen molar-refractivity contribution in [2.45, 2.75) is 20.0 Å². The molecular formula is C12H15BrO3. The molecule has 0 heterocycles. The van der Waals surface area contributed by atoms with Gasteiger partial charge in [0.1, 0.15) is 0 Å². The van der Waals surface area contributed by atoms with Gasteiger partial charge in [-0.2, -0.15) is 0 Å². The Hall–Kier alpha value is -0.870. The molecule has 0 saturated carbocycles. The zero-order valence-corrected chi connectivity index (χ0v) is 11.0. The first-order chi connectivity index (χ1) is 7.69. The number of esters is 1. The maximum Gasteiger partial charge on any atom is 0.339 e. The normalized spacial score (nSPS) is 12.2. The van der Waals surface area contributed by atoms with Gasteiger partial charge >= 0.3 is 5.97 Å². The molecule has 1 aromatic carbocycles. The average Bonchev–Trinajstić information content (AvgIpc) is 2.26. The monoisotopic (exact) mass is 286 g/mol. The molecule has 4 heteroatoms. The van der Waals surface area contributed by atoms with Gasteiger partial charge in [-0.05, 0) is 31.5 Å². The molecule has 1 atom stereocenters. The van der Waals surface area contributed by atoms with E-state index in [4.69, 9.17) is 9.47 Å². The topological polar surface area (TPSA) is 35.5 Å². The van der Waals surface area contributed by atoms with E-state index in [0.717, 1.165) is 10.0 Å². The third kappa shape index (κ3) is 3.61. The van der Waals surface area contributed by atoms with Crippen molar-refractivity contribution in [3.8, 4) is 0 Å². The molecule has 1 rings (SSSR count). The molecule has 0 bridgehead atoms. The zero-order valence-electron chi connectivity index (χ0n) is 9.40. The standard InChI is InChI=1S/C12H15BrO3/c1-3-15-11(12(14)16-4-2)9-6-5-7-10(13)8-9/h5-8,11H,3-4H2,1-2H3. The van der Waals surface area contributed by atoms with Crippen LogP contribution >= 0.6 is 15.9 Å². The van der Waals surface area contributed by atoms with Gasteiger partial charge in [0, 0.05) is 11.1 Å². The first-order valence-electron chi connectivity index (χ1n) is 5.22. The fourth-order valence-electron chi connectivity index (χ4n) is 1.35. The van der Waals surface area contributed by atoms with Crippen LogP contribution in [0.25, 0.3) is 0 Å². The van der Waals surface area contributed by atoms with Crippen LogP contribution in [0.4, 0.5) is 0 Å². The number of halogens is 1. The molecule has 0 radical (unpaired) electrons. The van der Waals surface area contributed by atoms with Crippen LogP contribution in [0.2, 0.25) is 0 Å². The van der Waals surface area contributed by atoms with Crippen LogP contribution in [0.15, 0.2) is 28.7 Å². The van der Waals surface area contributed by atoms with Gasteiger partial charge in [-0.15, -0.1) is 0 Å². The van der Waals surface area contributed by atoms with Crippen molar-refractivity contribution in [1.29, 1.82) is 0 Å². The molecule has 0 saturated heterocycles. The van der Waals surface area contributed by atoms with E-state index in [2.05, 4.69) is 15.9 Å². The predicted octanol–water partition coefficient (Wildman–Crippen LogP) is 3.09. The lowest BCUT2D eigenvalue weighted by atomic mass is 10.1. The van der Waals surface area contributed by atoms with Crippen molar-refractivity contribution in [2.24, 2.45) is 0 Å². The maximum absolute atomic E-state index is 11.7. The predicted molar refractivity (Wildman–Crippen MR) is 65.1 cm³/mol. The molecule has 0 aromatic heterocycles. The summed E-state index contributed by atoms with van der Waals surface area (Å²) in [6, 6.07) is 7.47. The summed E-state index contributed by atoms with van der Waals surface area (Å²) in [5.74, 6) is -0.345. The van der Waals surface area contributed by atoms with E-state index in [0.29, 0.717) is 13.2 Å². The third-order valence-corrected chi connectivity index (χ3v) is 2.48. The van der Waals surface area contributed by atoms with Gasteiger partial charge in [0.05, 0.1) is 6.61 Å². The number of carbonyl (C=O) groups excluding carboxylic acids is 1. The number of benzene rings is 1. The largest absolute Gasteiger partial charge is 0.464 e. The molecule has 0 aliphatic rings. The number of hydrogen-bond donors (Lipinski definition) is 0. The smallest absolute Gasteiger partial charge is 0.339 e. The van der Waals surface area contributed by atoms with E-state index in [-0.39, 0.29) is 5.97 Å². The van der Waals surface area contributed by atoms with Crippen LogP contribution in [-0.4, -0.2) is 19.2 Å². The fourth-order valence-corrected chi connectivity index (χ4v) is 1.77. The quantitative estimate of drug-likeness (QED) is 0.781. The lowest BCUT2D eigenvalue weighted by Gasteiger charge is -2.15. The van der Waals surface area contributed by atoms with Crippen molar-refractivity contribution in [2.75, 3.05) is 13.2 Å². The van der Waals surface area contributed by atoms with E-state index >= 15 is 0 Å². The van der Waals surface area contributed by atoms with Gasteiger partial charge < -0.3 is 9.47 Å². The van der Waals surface area contributed by atoms with Gasteiger partial charge in [0.15, 0.2) is 6.10 Å². The Bertz CT molecular complexity index is 352. The van der Waals surface area contributed by atoms with E-state index in [1.165, 1.54) is 0 Å². The van der Waals surface area contributed by atoms with E-state index in [1.54, 1.807) is 6.92 Å². The van der Waals surface area contributed by atoms with Gasteiger partial charge in [-0.25, -0.2) is 4.79 Å². The SMILES string of the molecule is CCOC(=O)C(OCC)c1cccc(Br)c1. The summed E-state index contributed by atoms with van der Waals surface area (Å²) in [6.07, 6.45) is -0.637. The van der Waals surface area contributed by atoms with Crippen LogP contribution < -0.4 is 0 Å². The van der Waals surface area contributed by atoms with Crippen LogP contribution in [-0.2, 0) is 14.3 Å². The minimum Gasteiger partial charge on any atom is -0.464 e. The minimum atomic E-state index is -0.637. The zero-order chi connectivity index (χ0) is 12.0. The Kier molecular flexibility index (Phi) is 5.49. The van der Waals surface area contributed by atoms with E-state index < -0.39 is 6.10 Å². The first-order valence-corrected chi connectivity index (χ1v) is 6.02. The molecule has 0 aliphatic carbocycles. The number of ether oxygens (including phenoxy) is 2. The van der Waals surface area contributed by atoms with Gasteiger partial charge in [-0.1, -0.05) is 28.1 Å². The Morgan fingerprint density at radius 1 is 1.38 bits per heavy atom. The average molecular weight is 287 g/mol. The molecule has 0 spiro atoms. The van der Waals surface area contributed by atoms with Crippen LogP contribution in [0.5, 0.6) is 0 Å². The Balaban J connectivity index is 2.88. The summed E-state index contributed by atoms with van der Waals surface area (Å²) in [5, 5.41) is 0. The summed E-state index contributed by atoms with van der Waals surface area (Å²) < 4.78 is 11.3. The molecule has 1 unspecified atom stereocenters. The van der Waals surface area contributed by atoms with E-state index in [9.17, 15) is 4.79 Å². The molecule has 3 nitrogen and oxygen atoms in total. The number of carbonyl (C=O) groups is 1. The van der Waals surface area contributed by atoms with Gasteiger partial charge in [-0.3, -0.25) is 0 Å².